The molecule has 3 aromatic carbocycles. The van der Waals surface area contributed by atoms with E-state index in [0.717, 1.165) is 40.8 Å². The molecule has 44 heavy (non-hydrogen) atoms. The van der Waals surface area contributed by atoms with Crippen LogP contribution in [0.2, 0.25) is 0 Å². The second-order valence-electron chi connectivity index (χ2n) is 10.3. The van der Waals surface area contributed by atoms with Gasteiger partial charge in [-0.2, -0.15) is 13.2 Å². The molecule has 226 valence electrons. The maximum Gasteiger partial charge on any atom is 0.418 e. The van der Waals surface area contributed by atoms with Crippen molar-refractivity contribution in [2.24, 2.45) is 5.92 Å². The van der Waals surface area contributed by atoms with E-state index in [1.54, 1.807) is 36.4 Å². The van der Waals surface area contributed by atoms with Gasteiger partial charge < -0.3 is 10.1 Å². The van der Waals surface area contributed by atoms with Crippen molar-refractivity contribution in [3.63, 3.8) is 0 Å². The van der Waals surface area contributed by atoms with Crippen LogP contribution in [0.5, 0.6) is 5.75 Å². The van der Waals surface area contributed by atoms with Crippen molar-refractivity contribution in [1.29, 1.82) is 0 Å². The van der Waals surface area contributed by atoms with Gasteiger partial charge in [-0.1, -0.05) is 71.6 Å². The first-order valence-corrected chi connectivity index (χ1v) is 15.1. The lowest BCUT2D eigenvalue weighted by Crippen LogP contribution is -2.33. The number of hydrogen-bond acceptors (Lipinski definition) is 7. The summed E-state index contributed by atoms with van der Waals surface area (Å²) in [4.78, 5) is 55.0. The van der Waals surface area contributed by atoms with Crippen LogP contribution in [0.3, 0.4) is 0 Å². The lowest BCUT2D eigenvalue weighted by atomic mass is 9.82. The zero-order valence-corrected chi connectivity index (χ0v) is 24.9. The molecule has 3 heterocycles. The van der Waals surface area contributed by atoms with Crippen molar-refractivity contribution in [3.8, 4) is 5.75 Å². The van der Waals surface area contributed by atoms with Crippen molar-refractivity contribution in [1.82, 2.24) is 4.57 Å². The van der Waals surface area contributed by atoms with Gasteiger partial charge in [0.2, 0.25) is 17.7 Å². The number of anilines is 2. The molecule has 0 bridgehead atoms. The minimum Gasteiger partial charge on any atom is -0.496 e. The van der Waals surface area contributed by atoms with Crippen molar-refractivity contribution in [2.45, 2.75) is 35.8 Å². The molecule has 2 aliphatic rings. The number of nitrogens with one attached hydrogen (secondary N) is 1. The monoisotopic (exact) mass is 639 g/mol. The fourth-order valence-corrected chi connectivity index (χ4v) is 8.47. The summed E-state index contributed by atoms with van der Waals surface area (Å²) < 4.78 is 48.8. The predicted molar refractivity (Wildman–Crippen MR) is 160 cm³/mol. The summed E-state index contributed by atoms with van der Waals surface area (Å²) in [6.07, 6.45) is -4.82. The zero-order valence-electron chi connectivity index (χ0n) is 23.3. The Balaban J connectivity index is 1.46. The van der Waals surface area contributed by atoms with Crippen LogP contribution in [0.25, 0.3) is 0 Å². The van der Waals surface area contributed by atoms with E-state index in [-0.39, 0.29) is 6.54 Å². The van der Waals surface area contributed by atoms with Gasteiger partial charge in [-0.15, -0.1) is 0 Å². The van der Waals surface area contributed by atoms with Crippen LogP contribution < -0.4 is 19.8 Å². The summed E-state index contributed by atoms with van der Waals surface area (Å²) >= 11 is 1.76. The number of amides is 3. The number of carbonyl (C=O) groups is 3. The molecule has 3 amide bonds. The van der Waals surface area contributed by atoms with Gasteiger partial charge in [0, 0.05) is 22.0 Å². The van der Waals surface area contributed by atoms with Gasteiger partial charge >= 0.3 is 11.0 Å². The van der Waals surface area contributed by atoms with E-state index in [1.165, 1.54) is 23.8 Å². The maximum atomic E-state index is 14.1. The molecule has 3 unspecified atom stereocenters. The largest absolute Gasteiger partial charge is 0.496 e. The number of carbonyl (C=O) groups excluding carboxylic acids is 3. The number of aromatic nitrogens is 1. The molecule has 1 aromatic heterocycles. The number of thiazole rings is 1. The number of aryl methyl sites for hydroxylation is 1. The van der Waals surface area contributed by atoms with Gasteiger partial charge in [-0.05, 0) is 36.8 Å². The Morgan fingerprint density at radius 1 is 0.955 bits per heavy atom. The van der Waals surface area contributed by atoms with Crippen LogP contribution in [0.1, 0.15) is 27.5 Å². The fraction of sp³-hybridized carbons (Fsp3) is 0.226. The highest BCUT2D eigenvalue weighted by Crippen LogP contribution is 2.55. The topological polar surface area (TPSA) is 97.7 Å². The molecule has 6 rings (SSSR count). The van der Waals surface area contributed by atoms with Crippen molar-refractivity contribution in [3.05, 3.63) is 104 Å². The molecule has 1 fully saturated rings. The molecular formula is C31H24F3N3O5S2. The third kappa shape index (κ3) is 4.99. The van der Waals surface area contributed by atoms with Crippen LogP contribution in [-0.4, -0.2) is 34.6 Å². The Morgan fingerprint density at radius 2 is 1.64 bits per heavy atom. The SMILES string of the molecule is COc1ccccc1C1c2sc(=O)n(CC(=O)Nc3ccccc3C)c2SC2C(=O)N(c3ccccc3C(F)(F)F)C(=O)C21. The number of hydrogen-bond donors (Lipinski definition) is 1. The van der Waals surface area contributed by atoms with Crippen LogP contribution in [0.15, 0.2) is 82.6 Å². The molecule has 13 heteroatoms. The van der Waals surface area contributed by atoms with E-state index in [2.05, 4.69) is 5.32 Å². The third-order valence-electron chi connectivity index (χ3n) is 7.69. The number of fused-ring (bicyclic) bond motifs is 2. The van der Waals surface area contributed by atoms with Gasteiger partial charge in [-0.25, -0.2) is 4.90 Å². The molecule has 0 aliphatic carbocycles. The Bertz CT molecular complexity index is 1870. The minimum atomic E-state index is -4.82. The fourth-order valence-electron chi connectivity index (χ4n) is 5.71. The summed E-state index contributed by atoms with van der Waals surface area (Å²) in [6, 6.07) is 18.4. The first-order valence-electron chi connectivity index (χ1n) is 13.4. The smallest absolute Gasteiger partial charge is 0.418 e. The van der Waals surface area contributed by atoms with Gasteiger partial charge in [0.05, 0.1) is 29.3 Å². The number of nitrogens with zero attached hydrogens (tertiary/aromatic N) is 2. The third-order valence-corrected chi connectivity index (χ3v) is 10.3. The van der Waals surface area contributed by atoms with E-state index in [1.807, 2.05) is 19.1 Å². The van der Waals surface area contributed by atoms with Crippen LogP contribution in [0, 0.1) is 12.8 Å². The number of para-hydroxylation sites is 3. The van der Waals surface area contributed by atoms with Crippen molar-refractivity contribution < 1.29 is 32.3 Å². The Kier molecular flexibility index (Phi) is 7.62. The summed E-state index contributed by atoms with van der Waals surface area (Å²) in [6.45, 7) is 1.46. The molecular weight excluding hydrogens is 615 g/mol. The summed E-state index contributed by atoms with van der Waals surface area (Å²) in [5.74, 6) is -3.77. The number of methoxy groups -OCH3 is 1. The minimum absolute atomic E-state index is 0.309. The number of benzene rings is 3. The van der Waals surface area contributed by atoms with E-state index >= 15 is 0 Å². The number of imide groups is 1. The van der Waals surface area contributed by atoms with E-state index in [4.69, 9.17) is 4.74 Å². The first-order chi connectivity index (χ1) is 21.0. The molecule has 0 spiro atoms. The quantitative estimate of drug-likeness (QED) is 0.273. The molecule has 3 atom stereocenters. The molecule has 1 N–H and O–H groups in total. The Hall–Kier alpha value is -4.36. The predicted octanol–water partition coefficient (Wildman–Crippen LogP) is 5.68. The summed E-state index contributed by atoms with van der Waals surface area (Å²) in [7, 11) is 1.44. The number of halogens is 3. The standard InChI is InChI=1S/C31H24F3N3O5S2/c1-16-9-3-6-12-19(16)35-22(38)15-36-29-26(44-30(36)41)23(17-10-4-8-14-21(17)42-2)24-25(43-29)28(40)37(27(24)39)20-13-7-5-11-18(20)31(32,33)34/h3-14,23-25H,15H2,1-2H3,(H,35,38). The molecule has 2 aliphatic heterocycles. The number of rotatable bonds is 6. The van der Waals surface area contributed by atoms with E-state index in [9.17, 15) is 32.3 Å². The Labute approximate surface area is 257 Å². The Morgan fingerprint density at radius 3 is 2.36 bits per heavy atom. The highest BCUT2D eigenvalue weighted by atomic mass is 32.2. The van der Waals surface area contributed by atoms with E-state index < -0.39 is 57.1 Å². The number of ether oxygens (including phenoxy) is 1. The van der Waals surface area contributed by atoms with Gasteiger partial charge in [0.1, 0.15) is 17.5 Å². The van der Waals surface area contributed by atoms with Crippen LogP contribution in [0.4, 0.5) is 24.5 Å². The van der Waals surface area contributed by atoms with E-state index in [0.29, 0.717) is 31.8 Å². The second-order valence-corrected chi connectivity index (χ2v) is 12.4. The maximum absolute atomic E-state index is 14.1. The van der Waals surface area contributed by atoms with Gasteiger partial charge in [-0.3, -0.25) is 23.7 Å². The summed E-state index contributed by atoms with van der Waals surface area (Å²) in [5, 5.41) is 1.94. The lowest BCUT2D eigenvalue weighted by Gasteiger charge is -2.31. The van der Waals surface area contributed by atoms with Crippen molar-refractivity contribution >= 4 is 52.2 Å². The number of alkyl halides is 3. The molecule has 0 radical (unpaired) electrons. The second kappa shape index (κ2) is 11.3. The van der Waals surface area contributed by atoms with Gasteiger partial charge in [0.15, 0.2) is 0 Å². The average molecular weight is 640 g/mol. The lowest BCUT2D eigenvalue weighted by molar-refractivity contribution is -0.137. The highest BCUT2D eigenvalue weighted by Gasteiger charge is 2.58. The van der Waals surface area contributed by atoms with Gasteiger partial charge in [0.25, 0.3) is 0 Å². The summed E-state index contributed by atoms with van der Waals surface area (Å²) in [5.41, 5.74) is 0.227. The molecule has 0 saturated carbocycles. The number of thioether (sulfide) groups is 1. The van der Waals surface area contributed by atoms with Crippen LogP contribution >= 0.6 is 23.1 Å². The molecule has 8 nitrogen and oxygen atoms in total. The average Bonchev–Trinajstić information content (AvgIpc) is 3.44. The highest BCUT2D eigenvalue weighted by molar-refractivity contribution is 8.00. The van der Waals surface area contributed by atoms with Crippen LogP contribution in [-0.2, 0) is 27.1 Å². The zero-order chi connectivity index (χ0) is 31.3. The van der Waals surface area contributed by atoms with Crippen molar-refractivity contribution in [2.75, 3.05) is 17.3 Å². The first kappa shape index (κ1) is 29.7. The molecule has 1 saturated heterocycles. The normalized spacial score (nSPS) is 19.5. The molecule has 4 aromatic rings.